The molecule has 0 aliphatic heterocycles. The Bertz CT molecular complexity index is 1600. The van der Waals surface area contributed by atoms with Crippen LogP contribution in [-0.2, 0) is 13.0 Å². The molecular formula is C30H38N6OS. The third-order valence-corrected chi connectivity index (χ3v) is 8.60. The van der Waals surface area contributed by atoms with Gasteiger partial charge in [-0.1, -0.05) is 26.8 Å². The van der Waals surface area contributed by atoms with Gasteiger partial charge in [-0.3, -0.25) is 10.00 Å². The number of anilines is 1. The van der Waals surface area contributed by atoms with Crippen molar-refractivity contribution in [2.75, 3.05) is 12.8 Å². The summed E-state index contributed by atoms with van der Waals surface area (Å²) < 4.78 is 1.09. The Kier molecular flexibility index (Phi) is 6.62. The first-order valence-corrected chi connectivity index (χ1v) is 13.9. The van der Waals surface area contributed by atoms with E-state index in [1.807, 2.05) is 26.0 Å². The van der Waals surface area contributed by atoms with Crippen LogP contribution in [0.5, 0.6) is 0 Å². The van der Waals surface area contributed by atoms with Gasteiger partial charge in [0.05, 0.1) is 21.5 Å². The van der Waals surface area contributed by atoms with Crippen molar-refractivity contribution in [2.24, 2.45) is 5.41 Å². The maximum Gasteiger partial charge on any atom is 0.126 e. The van der Waals surface area contributed by atoms with Crippen LogP contribution in [0.2, 0.25) is 0 Å². The Balaban J connectivity index is 1.56. The number of fused-ring (bicyclic) bond motifs is 2. The van der Waals surface area contributed by atoms with Gasteiger partial charge in [-0.05, 0) is 80.3 Å². The number of benzene rings is 1. The number of nitrogens with zero attached hydrogens (tertiary/aromatic N) is 3. The van der Waals surface area contributed by atoms with Gasteiger partial charge in [-0.2, -0.15) is 5.10 Å². The van der Waals surface area contributed by atoms with Crippen molar-refractivity contribution in [1.29, 1.82) is 0 Å². The highest BCUT2D eigenvalue weighted by atomic mass is 32.1. The van der Waals surface area contributed by atoms with E-state index in [9.17, 15) is 5.11 Å². The topological polar surface area (TPSA) is 107 Å². The third-order valence-electron chi connectivity index (χ3n) is 7.41. The van der Waals surface area contributed by atoms with E-state index in [4.69, 9.17) is 5.73 Å². The smallest absolute Gasteiger partial charge is 0.126 e. The van der Waals surface area contributed by atoms with Gasteiger partial charge >= 0.3 is 0 Å². The average Bonchev–Trinajstić information content (AvgIpc) is 3.50. The maximum atomic E-state index is 10.7. The Morgan fingerprint density at radius 1 is 1.08 bits per heavy atom. The summed E-state index contributed by atoms with van der Waals surface area (Å²) in [4.78, 5) is 11.3. The van der Waals surface area contributed by atoms with Gasteiger partial charge in [0, 0.05) is 41.0 Å². The lowest BCUT2D eigenvalue weighted by atomic mass is 9.87. The van der Waals surface area contributed by atoms with Crippen molar-refractivity contribution < 1.29 is 5.11 Å². The molecule has 0 fully saturated rings. The quantitative estimate of drug-likeness (QED) is 0.190. The first-order chi connectivity index (χ1) is 17.8. The SMILES string of the molecule is CC(N(C)Cc1cc(CC(C)(C)O)c2cc(-c3n[nH]c4cc(-c5ccnc(N)c5)sc34)[nH]c2c1)C(C)(C)C. The van der Waals surface area contributed by atoms with Crippen LogP contribution in [0.15, 0.2) is 42.6 Å². The number of pyridine rings is 1. The fraction of sp³-hybridized carbons (Fsp3) is 0.400. The lowest BCUT2D eigenvalue weighted by Crippen LogP contribution is -2.38. The number of nitrogens with one attached hydrogen (secondary N) is 2. The zero-order chi connectivity index (χ0) is 27.4. The highest BCUT2D eigenvalue weighted by Crippen LogP contribution is 2.39. The summed E-state index contributed by atoms with van der Waals surface area (Å²) in [5.41, 5.74) is 12.6. The molecule has 0 bridgehead atoms. The molecule has 5 N–H and O–H groups in total. The van der Waals surface area contributed by atoms with Crippen molar-refractivity contribution in [2.45, 2.75) is 66.2 Å². The number of nitrogen functional groups attached to an aromatic ring is 1. The summed E-state index contributed by atoms with van der Waals surface area (Å²) in [5, 5.41) is 19.7. The molecule has 0 amide bonds. The summed E-state index contributed by atoms with van der Waals surface area (Å²) in [6.07, 6.45) is 2.30. The number of hydrogen-bond donors (Lipinski definition) is 4. The standard InChI is InChI=1S/C30H38N6OS/c1-17(29(2,3)4)36(7)16-18-10-20(15-30(5,6)37)21-13-23(33-22(21)11-18)27-28-24(34-35-27)14-25(38-28)19-8-9-32-26(31)12-19/h8-14,17,33,37H,15-16H2,1-7H3,(H2,31,32)(H,34,35). The Morgan fingerprint density at radius 3 is 2.53 bits per heavy atom. The highest BCUT2D eigenvalue weighted by Gasteiger charge is 2.25. The number of H-pyrrole nitrogens is 2. The van der Waals surface area contributed by atoms with E-state index in [-0.39, 0.29) is 5.41 Å². The lowest BCUT2D eigenvalue weighted by molar-refractivity contribution is 0.0813. The molecule has 0 saturated carbocycles. The molecule has 0 aliphatic carbocycles. The van der Waals surface area contributed by atoms with Crippen LogP contribution in [0.4, 0.5) is 5.82 Å². The van der Waals surface area contributed by atoms with Crippen molar-refractivity contribution in [3.8, 4) is 21.8 Å². The Morgan fingerprint density at radius 2 is 1.84 bits per heavy atom. The van der Waals surface area contributed by atoms with Crippen LogP contribution in [-0.4, -0.2) is 48.9 Å². The summed E-state index contributed by atoms with van der Waals surface area (Å²) in [6, 6.07) is 13.0. The average molecular weight is 531 g/mol. The van der Waals surface area contributed by atoms with E-state index >= 15 is 0 Å². The van der Waals surface area contributed by atoms with E-state index in [2.05, 4.69) is 84.1 Å². The highest BCUT2D eigenvalue weighted by molar-refractivity contribution is 7.22. The third kappa shape index (κ3) is 5.34. The van der Waals surface area contributed by atoms with Crippen molar-refractivity contribution in [3.63, 3.8) is 0 Å². The van der Waals surface area contributed by atoms with Gasteiger partial charge in [0.15, 0.2) is 0 Å². The molecule has 200 valence electrons. The molecule has 1 atom stereocenters. The first-order valence-electron chi connectivity index (χ1n) is 13.1. The van der Waals surface area contributed by atoms with Crippen LogP contribution in [0, 0.1) is 5.41 Å². The number of aliphatic hydroxyl groups is 1. The molecule has 1 unspecified atom stereocenters. The molecule has 38 heavy (non-hydrogen) atoms. The van der Waals surface area contributed by atoms with E-state index in [1.54, 1.807) is 17.5 Å². The Hall–Kier alpha value is -3.20. The van der Waals surface area contributed by atoms with Gasteiger partial charge in [-0.15, -0.1) is 11.3 Å². The van der Waals surface area contributed by atoms with E-state index < -0.39 is 5.60 Å². The number of hydrogen-bond acceptors (Lipinski definition) is 6. The molecule has 0 radical (unpaired) electrons. The monoisotopic (exact) mass is 530 g/mol. The predicted molar refractivity (Wildman–Crippen MR) is 159 cm³/mol. The number of aromatic nitrogens is 4. The molecule has 8 heteroatoms. The minimum Gasteiger partial charge on any atom is -0.390 e. The van der Waals surface area contributed by atoms with Crippen LogP contribution in [0.1, 0.15) is 52.7 Å². The van der Waals surface area contributed by atoms with Crippen molar-refractivity contribution in [3.05, 3.63) is 53.7 Å². The van der Waals surface area contributed by atoms with Crippen LogP contribution in [0.25, 0.3) is 42.9 Å². The summed E-state index contributed by atoms with van der Waals surface area (Å²) >= 11 is 1.68. The van der Waals surface area contributed by atoms with Gasteiger partial charge in [0.25, 0.3) is 0 Å². The molecule has 0 saturated heterocycles. The van der Waals surface area contributed by atoms with E-state index in [0.717, 1.165) is 55.1 Å². The summed E-state index contributed by atoms with van der Waals surface area (Å²) in [5.74, 6) is 0.506. The molecule has 1 aromatic carbocycles. The zero-order valence-electron chi connectivity index (χ0n) is 23.3. The summed E-state index contributed by atoms with van der Waals surface area (Å²) in [7, 11) is 2.18. The second kappa shape index (κ2) is 9.52. The molecule has 4 heterocycles. The van der Waals surface area contributed by atoms with Crippen LogP contribution >= 0.6 is 11.3 Å². The molecule has 5 rings (SSSR count). The lowest BCUT2D eigenvalue weighted by Gasteiger charge is -2.35. The minimum absolute atomic E-state index is 0.182. The zero-order valence-corrected chi connectivity index (χ0v) is 24.1. The second-order valence-corrected chi connectivity index (χ2v) is 13.3. The van der Waals surface area contributed by atoms with E-state index in [1.165, 1.54) is 5.56 Å². The number of rotatable bonds is 7. The molecule has 7 nitrogen and oxygen atoms in total. The molecule has 0 spiro atoms. The fourth-order valence-electron chi connectivity index (χ4n) is 5.04. The fourth-order valence-corrected chi connectivity index (χ4v) is 6.15. The van der Waals surface area contributed by atoms with Gasteiger partial charge in [-0.25, -0.2) is 4.98 Å². The van der Waals surface area contributed by atoms with Gasteiger partial charge < -0.3 is 15.8 Å². The maximum absolute atomic E-state index is 10.7. The van der Waals surface area contributed by atoms with Gasteiger partial charge in [0.1, 0.15) is 11.5 Å². The summed E-state index contributed by atoms with van der Waals surface area (Å²) in [6.45, 7) is 13.7. The largest absolute Gasteiger partial charge is 0.390 e. The number of nitrogens with two attached hydrogens (primary N) is 1. The normalized spacial score (nSPS) is 13.7. The van der Waals surface area contributed by atoms with Gasteiger partial charge in [0.2, 0.25) is 0 Å². The minimum atomic E-state index is -0.817. The molecule has 5 aromatic rings. The first kappa shape index (κ1) is 26.4. The second-order valence-electron chi connectivity index (χ2n) is 12.2. The number of aromatic amines is 2. The van der Waals surface area contributed by atoms with Crippen molar-refractivity contribution >= 4 is 38.3 Å². The molecule has 0 aliphatic rings. The molecular weight excluding hydrogens is 492 g/mol. The van der Waals surface area contributed by atoms with Crippen molar-refractivity contribution in [1.82, 2.24) is 25.1 Å². The Labute approximate surface area is 228 Å². The molecule has 4 aromatic heterocycles. The van der Waals surface area contributed by atoms with Crippen LogP contribution in [0.3, 0.4) is 0 Å². The predicted octanol–water partition coefficient (Wildman–Crippen LogP) is 6.60. The van der Waals surface area contributed by atoms with Crippen LogP contribution < -0.4 is 5.73 Å². The number of thiophene rings is 1. The van der Waals surface area contributed by atoms with E-state index in [0.29, 0.717) is 18.3 Å².